The number of aliphatic hydroxyl groups is 2. The van der Waals surface area contributed by atoms with Gasteiger partial charge in [-0.1, -0.05) is 117 Å². The fourth-order valence-electron chi connectivity index (χ4n) is 6.02. The van der Waals surface area contributed by atoms with Crippen molar-refractivity contribution in [1.29, 1.82) is 0 Å². The number of carbonyl (C=O) groups is 2. The van der Waals surface area contributed by atoms with Crippen molar-refractivity contribution in [3.8, 4) is 0 Å². The SMILES string of the molecule is CCCCCCCCCCCC(=O)OC[C@H](COP(=O)(O)OP(=O)(O)OC[C@H]1O[C@@H](n2ccc(N)nc2=O)C(O)[C@H]1O)OC(=O)CCCCCCCCCCC. The molecule has 0 saturated carbocycles. The van der Waals surface area contributed by atoms with Crippen LogP contribution in [-0.2, 0) is 46.3 Å². The van der Waals surface area contributed by atoms with Gasteiger partial charge in [-0.2, -0.15) is 9.29 Å². The van der Waals surface area contributed by atoms with E-state index in [-0.39, 0.29) is 18.7 Å². The van der Waals surface area contributed by atoms with Gasteiger partial charge in [0.2, 0.25) is 0 Å². The number of nitrogens with zero attached hydrogens (tertiary/aromatic N) is 2. The first-order valence-corrected chi connectivity index (χ1v) is 23.0. The molecule has 56 heavy (non-hydrogen) atoms. The van der Waals surface area contributed by atoms with Gasteiger partial charge in [0.25, 0.3) is 0 Å². The number of nitrogens with two attached hydrogens (primary N) is 1. The van der Waals surface area contributed by atoms with Crippen LogP contribution in [0.2, 0.25) is 0 Å². The number of aliphatic hydroxyl groups excluding tert-OH is 2. The van der Waals surface area contributed by atoms with Crippen molar-refractivity contribution in [3.05, 3.63) is 22.7 Å². The predicted molar refractivity (Wildman–Crippen MR) is 206 cm³/mol. The maximum atomic E-state index is 12.7. The summed E-state index contributed by atoms with van der Waals surface area (Å²) in [5.41, 5.74) is 4.56. The van der Waals surface area contributed by atoms with Crippen molar-refractivity contribution in [2.75, 3.05) is 25.6 Å². The standard InChI is InChI=1S/C36H65N3O15P2/c1-3-5-7-9-11-13-15-17-19-21-31(40)49-25-28(52-32(41)22-20-18-16-14-12-10-8-6-4-2)26-50-55(45,46)54-56(47,48)51-27-29-33(42)34(43)35(53-29)39-24-23-30(37)38-36(39)44/h23-24,28-29,33-35,42-43H,3-22,25-27H2,1-2H3,(H,45,46)(H,47,48)(H2,37,38,44)/t28-,29-,33+,34?,35-/m1/s1. The summed E-state index contributed by atoms with van der Waals surface area (Å²) in [6, 6.07) is 1.24. The number of unbranched alkanes of at least 4 members (excludes halogenated alkanes) is 16. The summed E-state index contributed by atoms with van der Waals surface area (Å²) >= 11 is 0. The summed E-state index contributed by atoms with van der Waals surface area (Å²) in [4.78, 5) is 61.2. The van der Waals surface area contributed by atoms with Crippen molar-refractivity contribution >= 4 is 33.4 Å². The average Bonchev–Trinajstić information content (AvgIpc) is 3.42. The largest absolute Gasteiger partial charge is 0.481 e. The lowest BCUT2D eigenvalue weighted by Gasteiger charge is -2.21. The maximum absolute atomic E-state index is 12.7. The predicted octanol–water partition coefficient (Wildman–Crippen LogP) is 5.99. The Hall–Kier alpha value is -2.24. The number of rotatable bonds is 32. The summed E-state index contributed by atoms with van der Waals surface area (Å²) in [5.74, 6) is -1.29. The van der Waals surface area contributed by atoms with Gasteiger partial charge in [0, 0.05) is 19.0 Å². The highest BCUT2D eigenvalue weighted by Crippen LogP contribution is 2.60. The monoisotopic (exact) mass is 841 g/mol. The lowest BCUT2D eigenvalue weighted by Crippen LogP contribution is -2.36. The van der Waals surface area contributed by atoms with Gasteiger partial charge >= 0.3 is 33.3 Å². The van der Waals surface area contributed by atoms with E-state index in [2.05, 4.69) is 23.1 Å². The molecule has 0 spiro atoms. The first kappa shape index (κ1) is 49.9. The van der Waals surface area contributed by atoms with Gasteiger partial charge in [-0.3, -0.25) is 23.2 Å². The molecular weight excluding hydrogens is 776 g/mol. The van der Waals surface area contributed by atoms with Gasteiger partial charge in [0.05, 0.1) is 13.2 Å². The van der Waals surface area contributed by atoms with Crippen LogP contribution in [0.25, 0.3) is 0 Å². The number of carbonyl (C=O) groups excluding carboxylic acids is 2. The second-order valence-corrected chi connectivity index (χ2v) is 17.2. The summed E-state index contributed by atoms with van der Waals surface area (Å²) in [5, 5.41) is 20.8. The smallest absolute Gasteiger partial charge is 0.462 e. The molecule has 0 bridgehead atoms. The minimum absolute atomic E-state index is 0.0554. The molecule has 2 heterocycles. The number of ether oxygens (including phenoxy) is 3. The van der Waals surface area contributed by atoms with Crippen LogP contribution in [0.15, 0.2) is 17.1 Å². The highest BCUT2D eigenvalue weighted by atomic mass is 31.3. The van der Waals surface area contributed by atoms with E-state index < -0.39 is 83.7 Å². The zero-order valence-electron chi connectivity index (χ0n) is 33.0. The van der Waals surface area contributed by atoms with E-state index in [4.69, 9.17) is 29.0 Å². The normalized spacial score (nSPS) is 21.0. The third-order valence-electron chi connectivity index (χ3n) is 9.19. The third kappa shape index (κ3) is 21.0. The first-order valence-electron chi connectivity index (χ1n) is 20.0. The number of anilines is 1. The van der Waals surface area contributed by atoms with Gasteiger partial charge in [-0.15, -0.1) is 0 Å². The Morgan fingerprint density at radius 2 is 1.29 bits per heavy atom. The summed E-state index contributed by atoms with van der Waals surface area (Å²) < 4.78 is 56.2. The molecule has 1 fully saturated rings. The zero-order chi connectivity index (χ0) is 41.4. The molecular formula is C36H65N3O15P2. The molecule has 324 valence electrons. The molecule has 18 nitrogen and oxygen atoms in total. The van der Waals surface area contributed by atoms with Gasteiger partial charge in [-0.05, 0) is 18.9 Å². The highest BCUT2D eigenvalue weighted by Gasteiger charge is 2.46. The number of hydrogen-bond acceptors (Lipinski definition) is 15. The zero-order valence-corrected chi connectivity index (χ0v) is 34.7. The summed E-state index contributed by atoms with van der Waals surface area (Å²) in [6.45, 7) is 2.06. The van der Waals surface area contributed by atoms with E-state index in [0.717, 1.165) is 62.1 Å². The van der Waals surface area contributed by atoms with Crippen LogP contribution in [0.1, 0.15) is 148 Å². The van der Waals surface area contributed by atoms with Crippen LogP contribution in [0.4, 0.5) is 5.82 Å². The Morgan fingerprint density at radius 1 is 0.786 bits per heavy atom. The minimum Gasteiger partial charge on any atom is -0.462 e. The van der Waals surface area contributed by atoms with Gasteiger partial charge in [0.1, 0.15) is 30.7 Å². The van der Waals surface area contributed by atoms with Gasteiger partial charge < -0.3 is 39.9 Å². The molecule has 3 unspecified atom stereocenters. The summed E-state index contributed by atoms with van der Waals surface area (Å²) in [7, 11) is -10.8. The molecule has 1 saturated heterocycles. The van der Waals surface area contributed by atoms with Crippen molar-refractivity contribution < 1.29 is 66.3 Å². The lowest BCUT2D eigenvalue weighted by molar-refractivity contribution is -0.161. The quantitative estimate of drug-likeness (QED) is 0.0317. The Morgan fingerprint density at radius 3 is 1.82 bits per heavy atom. The van der Waals surface area contributed by atoms with E-state index in [0.29, 0.717) is 12.8 Å². The van der Waals surface area contributed by atoms with Crippen molar-refractivity contribution in [2.45, 2.75) is 173 Å². The number of aromatic nitrogens is 2. The van der Waals surface area contributed by atoms with Gasteiger partial charge in [-0.25, -0.2) is 13.9 Å². The van der Waals surface area contributed by atoms with Crippen molar-refractivity contribution in [1.82, 2.24) is 9.55 Å². The fourth-order valence-corrected chi connectivity index (χ4v) is 8.13. The summed E-state index contributed by atoms with van der Waals surface area (Å²) in [6.07, 6.45) is 12.5. The molecule has 1 aliphatic heterocycles. The van der Waals surface area contributed by atoms with E-state index >= 15 is 0 Å². The molecule has 0 aliphatic carbocycles. The Bertz CT molecular complexity index is 1430. The molecule has 0 aromatic carbocycles. The Kier molecular flexibility index (Phi) is 24.5. The second kappa shape index (κ2) is 27.4. The molecule has 0 amide bonds. The number of nitrogen functional groups attached to an aromatic ring is 1. The molecule has 6 N–H and O–H groups in total. The van der Waals surface area contributed by atoms with Gasteiger partial charge in [0.15, 0.2) is 12.3 Å². The Balaban J connectivity index is 1.88. The number of esters is 2. The maximum Gasteiger partial charge on any atom is 0.481 e. The number of phosphoric ester groups is 2. The van der Waals surface area contributed by atoms with Crippen LogP contribution in [-0.4, -0.2) is 85.7 Å². The minimum atomic E-state index is -5.40. The van der Waals surface area contributed by atoms with Crippen molar-refractivity contribution in [3.63, 3.8) is 0 Å². The molecule has 1 aromatic heterocycles. The van der Waals surface area contributed by atoms with E-state index in [9.17, 15) is 43.5 Å². The lowest BCUT2D eigenvalue weighted by atomic mass is 10.1. The number of hydrogen-bond donors (Lipinski definition) is 5. The van der Waals surface area contributed by atoms with Crippen LogP contribution in [0.5, 0.6) is 0 Å². The van der Waals surface area contributed by atoms with E-state index in [1.807, 2.05) is 0 Å². The molecule has 0 radical (unpaired) electrons. The van der Waals surface area contributed by atoms with Crippen LogP contribution >= 0.6 is 15.6 Å². The molecule has 20 heteroatoms. The third-order valence-corrected chi connectivity index (χ3v) is 11.8. The molecule has 2 rings (SSSR count). The number of phosphoric acid groups is 2. The highest BCUT2D eigenvalue weighted by molar-refractivity contribution is 7.61. The first-order chi connectivity index (χ1) is 26.7. The van der Waals surface area contributed by atoms with Crippen molar-refractivity contribution in [2.24, 2.45) is 0 Å². The Labute approximate surface area is 330 Å². The van der Waals surface area contributed by atoms with Crippen LogP contribution < -0.4 is 11.4 Å². The van der Waals surface area contributed by atoms with E-state index in [1.54, 1.807) is 0 Å². The van der Waals surface area contributed by atoms with E-state index in [1.165, 1.54) is 57.4 Å². The van der Waals surface area contributed by atoms with Crippen LogP contribution in [0.3, 0.4) is 0 Å². The second-order valence-electron chi connectivity index (χ2n) is 14.2. The molecule has 1 aliphatic rings. The molecule has 7 atom stereocenters. The van der Waals surface area contributed by atoms with Crippen LogP contribution in [0, 0.1) is 0 Å². The molecule has 1 aromatic rings. The fraction of sp³-hybridized carbons (Fsp3) is 0.833. The average molecular weight is 842 g/mol. The topological polar surface area (TPSA) is 265 Å².